The van der Waals surface area contributed by atoms with Gasteiger partial charge in [0.1, 0.15) is 0 Å². The first-order valence-corrected chi connectivity index (χ1v) is 5.73. The van der Waals surface area contributed by atoms with Crippen LogP contribution in [0.15, 0.2) is 28.9 Å². The van der Waals surface area contributed by atoms with Crippen LogP contribution in [-0.4, -0.2) is 9.78 Å². The molecule has 0 atom stereocenters. The summed E-state index contributed by atoms with van der Waals surface area (Å²) in [4.78, 5) is 0. The van der Waals surface area contributed by atoms with Crippen LogP contribution in [0.4, 0.5) is 0 Å². The molecule has 1 aliphatic rings. The van der Waals surface area contributed by atoms with Gasteiger partial charge < -0.3 is 0 Å². The Morgan fingerprint density at radius 3 is 3.07 bits per heavy atom. The number of hydrogen-bond donors (Lipinski definition) is 0. The molecule has 0 unspecified atom stereocenters. The number of hydrogen-bond acceptors (Lipinski definition) is 1. The first-order valence-electron chi connectivity index (χ1n) is 4.94. The number of benzene rings is 1. The van der Waals surface area contributed by atoms with Crippen LogP contribution in [0.2, 0.25) is 0 Å². The molecule has 14 heavy (non-hydrogen) atoms. The van der Waals surface area contributed by atoms with Crippen LogP contribution in [0.1, 0.15) is 12.8 Å². The largest absolute Gasteiger partial charge is 0.271 e. The molecule has 0 N–H and O–H groups in total. The van der Waals surface area contributed by atoms with Gasteiger partial charge in [0.05, 0.1) is 5.52 Å². The Kier molecular flexibility index (Phi) is 1.87. The molecular weight excluding hydrogens is 240 g/mol. The fourth-order valence-corrected chi connectivity index (χ4v) is 2.08. The highest BCUT2D eigenvalue weighted by Crippen LogP contribution is 2.30. The fourth-order valence-electron chi connectivity index (χ4n) is 1.71. The molecule has 0 radical (unpaired) electrons. The van der Waals surface area contributed by atoms with Crippen molar-refractivity contribution in [3.63, 3.8) is 0 Å². The number of aromatic nitrogens is 2. The van der Waals surface area contributed by atoms with Crippen molar-refractivity contribution in [2.45, 2.75) is 19.4 Å². The molecule has 2 nitrogen and oxygen atoms in total. The topological polar surface area (TPSA) is 17.8 Å². The molecule has 3 heteroatoms. The lowest BCUT2D eigenvalue weighted by molar-refractivity contribution is 0.568. The van der Waals surface area contributed by atoms with Gasteiger partial charge in [0.15, 0.2) is 0 Å². The van der Waals surface area contributed by atoms with Gasteiger partial charge in [-0.2, -0.15) is 5.10 Å². The normalized spacial score (nSPS) is 16.4. The summed E-state index contributed by atoms with van der Waals surface area (Å²) in [5.41, 5.74) is 1.09. The van der Waals surface area contributed by atoms with Gasteiger partial charge in [0.25, 0.3) is 0 Å². The standard InChI is InChI=1S/C11H11BrN2/c12-10-3-4-11-9(5-10)7-14(13-11)6-8-1-2-8/h3-5,7-8H,1-2,6H2. The van der Waals surface area contributed by atoms with Crippen LogP contribution in [-0.2, 0) is 6.54 Å². The number of halogens is 1. The lowest BCUT2D eigenvalue weighted by atomic mass is 10.3. The minimum absolute atomic E-state index is 0.882. The second-order valence-corrected chi connectivity index (χ2v) is 4.91. The summed E-state index contributed by atoms with van der Waals surface area (Å²) >= 11 is 3.47. The SMILES string of the molecule is Brc1ccc2nn(CC3CC3)cc2c1. The summed E-state index contributed by atoms with van der Waals surface area (Å²) < 4.78 is 3.20. The average molecular weight is 251 g/mol. The monoisotopic (exact) mass is 250 g/mol. The molecule has 1 heterocycles. The third-order valence-electron chi connectivity index (χ3n) is 2.66. The smallest absolute Gasteiger partial charge is 0.0924 e. The van der Waals surface area contributed by atoms with Gasteiger partial charge in [-0.05, 0) is 37.0 Å². The van der Waals surface area contributed by atoms with Gasteiger partial charge in [0, 0.05) is 22.6 Å². The Morgan fingerprint density at radius 2 is 2.29 bits per heavy atom. The molecular formula is C11H11BrN2. The lowest BCUT2D eigenvalue weighted by Crippen LogP contribution is -1.99. The third kappa shape index (κ3) is 1.57. The van der Waals surface area contributed by atoms with Crippen molar-refractivity contribution in [1.82, 2.24) is 9.78 Å². The Bertz CT molecular complexity index is 471. The maximum absolute atomic E-state index is 4.53. The molecule has 0 aliphatic heterocycles. The molecule has 2 aromatic rings. The first-order chi connectivity index (χ1) is 6.81. The van der Waals surface area contributed by atoms with Gasteiger partial charge in [0.2, 0.25) is 0 Å². The summed E-state index contributed by atoms with van der Waals surface area (Å²) in [6.07, 6.45) is 4.89. The average Bonchev–Trinajstić information content (AvgIpc) is 2.84. The second kappa shape index (κ2) is 3.09. The highest BCUT2D eigenvalue weighted by Gasteiger charge is 2.21. The number of nitrogens with zero attached hydrogens (tertiary/aromatic N) is 2. The van der Waals surface area contributed by atoms with Crippen LogP contribution in [0, 0.1) is 5.92 Å². The van der Waals surface area contributed by atoms with Crippen molar-refractivity contribution >= 4 is 26.8 Å². The van der Waals surface area contributed by atoms with E-state index in [-0.39, 0.29) is 0 Å². The van der Waals surface area contributed by atoms with Crippen molar-refractivity contribution in [3.8, 4) is 0 Å². The predicted molar refractivity (Wildman–Crippen MR) is 60.2 cm³/mol. The molecule has 1 aromatic carbocycles. The van der Waals surface area contributed by atoms with Gasteiger partial charge in [-0.1, -0.05) is 15.9 Å². The lowest BCUT2D eigenvalue weighted by Gasteiger charge is -1.95. The zero-order valence-electron chi connectivity index (χ0n) is 7.78. The quantitative estimate of drug-likeness (QED) is 0.801. The molecule has 1 saturated carbocycles. The molecule has 72 valence electrons. The van der Waals surface area contributed by atoms with E-state index in [1.807, 2.05) is 6.07 Å². The van der Waals surface area contributed by atoms with Crippen molar-refractivity contribution in [1.29, 1.82) is 0 Å². The van der Waals surface area contributed by atoms with E-state index in [1.165, 1.54) is 18.2 Å². The summed E-state index contributed by atoms with van der Waals surface area (Å²) in [5.74, 6) is 0.882. The molecule has 3 rings (SSSR count). The molecule has 1 fully saturated rings. The van der Waals surface area contributed by atoms with Crippen molar-refractivity contribution in [2.24, 2.45) is 5.92 Å². The van der Waals surface area contributed by atoms with E-state index in [1.54, 1.807) is 0 Å². The zero-order valence-corrected chi connectivity index (χ0v) is 9.37. The van der Waals surface area contributed by atoms with E-state index in [2.05, 4.69) is 44.0 Å². The van der Waals surface area contributed by atoms with Crippen LogP contribution in [0.3, 0.4) is 0 Å². The van der Waals surface area contributed by atoms with Gasteiger partial charge in [-0.25, -0.2) is 0 Å². The molecule has 0 bridgehead atoms. The Hall–Kier alpha value is -0.830. The molecule has 0 spiro atoms. The first kappa shape index (κ1) is 8.48. The molecule has 0 amide bonds. The van der Waals surface area contributed by atoms with Crippen LogP contribution in [0.5, 0.6) is 0 Å². The van der Waals surface area contributed by atoms with Crippen molar-refractivity contribution < 1.29 is 0 Å². The Morgan fingerprint density at radius 1 is 1.43 bits per heavy atom. The van der Waals surface area contributed by atoms with E-state index in [9.17, 15) is 0 Å². The summed E-state index contributed by atoms with van der Waals surface area (Å²) in [5, 5.41) is 5.75. The Labute approximate surface area is 91.0 Å². The van der Waals surface area contributed by atoms with Crippen LogP contribution < -0.4 is 0 Å². The minimum atomic E-state index is 0.882. The van der Waals surface area contributed by atoms with Gasteiger partial charge in [-0.15, -0.1) is 0 Å². The van der Waals surface area contributed by atoms with Gasteiger partial charge >= 0.3 is 0 Å². The minimum Gasteiger partial charge on any atom is -0.271 e. The molecule has 1 aromatic heterocycles. The number of rotatable bonds is 2. The highest BCUT2D eigenvalue weighted by molar-refractivity contribution is 9.10. The summed E-state index contributed by atoms with van der Waals surface area (Å²) in [6, 6.07) is 6.21. The van der Waals surface area contributed by atoms with E-state index in [4.69, 9.17) is 0 Å². The predicted octanol–water partition coefficient (Wildman–Crippen LogP) is 3.21. The maximum Gasteiger partial charge on any atom is 0.0924 e. The maximum atomic E-state index is 4.53. The Balaban J connectivity index is 2.01. The van der Waals surface area contributed by atoms with Crippen LogP contribution >= 0.6 is 15.9 Å². The van der Waals surface area contributed by atoms with E-state index >= 15 is 0 Å². The fraction of sp³-hybridized carbons (Fsp3) is 0.364. The van der Waals surface area contributed by atoms with Crippen LogP contribution in [0.25, 0.3) is 10.9 Å². The van der Waals surface area contributed by atoms with E-state index in [0.717, 1.165) is 22.5 Å². The van der Waals surface area contributed by atoms with E-state index < -0.39 is 0 Å². The van der Waals surface area contributed by atoms with E-state index in [0.29, 0.717) is 0 Å². The molecule has 1 aliphatic carbocycles. The highest BCUT2D eigenvalue weighted by atomic mass is 79.9. The van der Waals surface area contributed by atoms with Gasteiger partial charge in [-0.3, -0.25) is 4.68 Å². The van der Waals surface area contributed by atoms with Crippen molar-refractivity contribution in [2.75, 3.05) is 0 Å². The second-order valence-electron chi connectivity index (χ2n) is 4.00. The summed E-state index contributed by atoms with van der Waals surface area (Å²) in [7, 11) is 0. The zero-order chi connectivity index (χ0) is 9.54. The third-order valence-corrected chi connectivity index (χ3v) is 3.15. The summed E-state index contributed by atoms with van der Waals surface area (Å²) in [6.45, 7) is 1.09. The number of fused-ring (bicyclic) bond motifs is 1. The van der Waals surface area contributed by atoms with Crippen molar-refractivity contribution in [3.05, 3.63) is 28.9 Å². The molecule has 0 saturated heterocycles.